The van der Waals surface area contributed by atoms with E-state index in [9.17, 15) is 0 Å². The number of hydrogen-bond donors (Lipinski definition) is 0. The van der Waals surface area contributed by atoms with Crippen LogP contribution in [0.2, 0.25) is 0 Å². The van der Waals surface area contributed by atoms with Crippen molar-refractivity contribution in [3.05, 3.63) is 35.4 Å². The van der Waals surface area contributed by atoms with E-state index < -0.39 is 0 Å². The van der Waals surface area contributed by atoms with Crippen molar-refractivity contribution < 1.29 is 0 Å². The average molecular weight is 187 g/mol. The highest BCUT2D eigenvalue weighted by Crippen LogP contribution is 2.38. The van der Waals surface area contributed by atoms with Gasteiger partial charge in [0.25, 0.3) is 0 Å². The lowest BCUT2D eigenvalue weighted by Crippen LogP contribution is -2.43. The van der Waals surface area contributed by atoms with Gasteiger partial charge in [0.05, 0.1) is 0 Å². The second kappa shape index (κ2) is 3.09. The van der Waals surface area contributed by atoms with E-state index in [1.54, 1.807) is 11.1 Å². The Morgan fingerprint density at radius 1 is 1.29 bits per heavy atom. The maximum Gasteiger partial charge on any atom is 0.0138 e. The molecular formula is C13H17N. The molecule has 0 spiro atoms. The van der Waals surface area contributed by atoms with Gasteiger partial charge in [0.15, 0.2) is 0 Å². The van der Waals surface area contributed by atoms with Gasteiger partial charge in [-0.15, -0.1) is 0 Å². The summed E-state index contributed by atoms with van der Waals surface area (Å²) in [6.07, 6.45) is 4.00. The van der Waals surface area contributed by atoms with E-state index in [2.05, 4.69) is 36.2 Å². The van der Waals surface area contributed by atoms with Gasteiger partial charge < -0.3 is 4.90 Å². The molecule has 1 aliphatic carbocycles. The fourth-order valence-corrected chi connectivity index (χ4v) is 3.06. The molecule has 1 heteroatoms. The van der Waals surface area contributed by atoms with Gasteiger partial charge in [-0.05, 0) is 49.9 Å². The first-order valence-electron chi connectivity index (χ1n) is 5.62. The van der Waals surface area contributed by atoms with Gasteiger partial charge in [0, 0.05) is 6.04 Å². The van der Waals surface area contributed by atoms with Crippen LogP contribution in [0.3, 0.4) is 0 Å². The smallest absolute Gasteiger partial charge is 0.0138 e. The van der Waals surface area contributed by atoms with Gasteiger partial charge in [-0.1, -0.05) is 24.3 Å². The Kier molecular flexibility index (Phi) is 1.88. The maximum atomic E-state index is 2.53. The molecule has 1 heterocycles. The summed E-state index contributed by atoms with van der Waals surface area (Å²) in [5.74, 6) is 0.848. The molecule has 2 unspecified atom stereocenters. The molecule has 14 heavy (non-hydrogen) atoms. The van der Waals surface area contributed by atoms with Crippen molar-refractivity contribution >= 4 is 0 Å². The quantitative estimate of drug-likeness (QED) is 0.603. The third-order valence-corrected chi connectivity index (χ3v) is 3.96. The van der Waals surface area contributed by atoms with Crippen LogP contribution in [0.4, 0.5) is 0 Å². The molecule has 3 rings (SSSR count). The molecule has 0 N–H and O–H groups in total. The van der Waals surface area contributed by atoms with Crippen LogP contribution in [0.1, 0.15) is 29.9 Å². The summed E-state index contributed by atoms with van der Waals surface area (Å²) in [7, 11) is 2.27. The van der Waals surface area contributed by atoms with E-state index >= 15 is 0 Å². The van der Waals surface area contributed by atoms with Crippen molar-refractivity contribution in [2.45, 2.75) is 31.2 Å². The molecule has 2 bridgehead atoms. The number of likely N-dealkylation sites (tertiary alicyclic amines) is 1. The lowest BCUT2D eigenvalue weighted by molar-refractivity contribution is 0.157. The fourth-order valence-electron chi connectivity index (χ4n) is 3.06. The SMILES string of the molecule is CN1CCC2CC1Cc1ccccc12. The third-order valence-electron chi connectivity index (χ3n) is 3.96. The number of rotatable bonds is 0. The number of benzene rings is 1. The zero-order valence-corrected chi connectivity index (χ0v) is 8.74. The Hall–Kier alpha value is -0.820. The average Bonchev–Trinajstić information content (AvgIpc) is 2.24. The number of nitrogens with zero attached hydrogens (tertiary/aromatic N) is 1. The molecule has 0 saturated carbocycles. The maximum absolute atomic E-state index is 2.53. The summed E-state index contributed by atoms with van der Waals surface area (Å²) in [6, 6.07) is 9.83. The predicted molar refractivity (Wildman–Crippen MR) is 58.5 cm³/mol. The molecule has 1 aromatic carbocycles. The summed E-state index contributed by atoms with van der Waals surface area (Å²) in [6.45, 7) is 1.28. The topological polar surface area (TPSA) is 3.24 Å². The second-order valence-corrected chi connectivity index (χ2v) is 4.76. The van der Waals surface area contributed by atoms with Crippen molar-refractivity contribution in [3.63, 3.8) is 0 Å². The van der Waals surface area contributed by atoms with Gasteiger partial charge in [-0.2, -0.15) is 0 Å². The zero-order chi connectivity index (χ0) is 9.54. The summed E-state index contributed by atoms with van der Waals surface area (Å²) in [4.78, 5) is 2.53. The van der Waals surface area contributed by atoms with Gasteiger partial charge in [-0.3, -0.25) is 0 Å². The van der Waals surface area contributed by atoms with Crippen molar-refractivity contribution in [2.75, 3.05) is 13.6 Å². The lowest BCUT2D eigenvalue weighted by atomic mass is 9.75. The predicted octanol–water partition coefficient (Wildman–Crippen LogP) is 2.42. The highest BCUT2D eigenvalue weighted by molar-refractivity contribution is 5.34. The van der Waals surface area contributed by atoms with Crippen molar-refractivity contribution in [1.82, 2.24) is 4.90 Å². The molecule has 0 amide bonds. The van der Waals surface area contributed by atoms with Crippen LogP contribution in [0, 0.1) is 0 Å². The first kappa shape index (κ1) is 8.49. The first-order chi connectivity index (χ1) is 6.84. The van der Waals surface area contributed by atoms with E-state index in [1.165, 1.54) is 25.8 Å². The molecule has 74 valence electrons. The Morgan fingerprint density at radius 3 is 3.07 bits per heavy atom. The third kappa shape index (κ3) is 1.19. The first-order valence-corrected chi connectivity index (χ1v) is 5.62. The highest BCUT2D eigenvalue weighted by atomic mass is 15.1. The Balaban J connectivity index is 2.02. The summed E-state index contributed by atoms with van der Waals surface area (Å²) >= 11 is 0. The van der Waals surface area contributed by atoms with Crippen molar-refractivity contribution in [2.24, 2.45) is 0 Å². The number of likely N-dealkylation sites (N-methyl/N-ethyl adjacent to an activating group) is 1. The van der Waals surface area contributed by atoms with E-state index in [-0.39, 0.29) is 0 Å². The van der Waals surface area contributed by atoms with Crippen molar-refractivity contribution in [1.29, 1.82) is 0 Å². The lowest BCUT2D eigenvalue weighted by Gasteiger charge is -2.42. The van der Waals surface area contributed by atoms with Crippen molar-refractivity contribution in [3.8, 4) is 0 Å². The molecule has 0 radical (unpaired) electrons. The molecule has 1 aliphatic heterocycles. The standard InChI is InChI=1S/C13H17N/c1-14-7-6-11-9-12(14)8-10-4-2-3-5-13(10)11/h2-5,11-12H,6-9H2,1H3. The molecule has 2 atom stereocenters. The van der Waals surface area contributed by atoms with Crippen LogP contribution in [0.5, 0.6) is 0 Å². The number of hydrogen-bond acceptors (Lipinski definition) is 1. The molecule has 1 fully saturated rings. The second-order valence-electron chi connectivity index (χ2n) is 4.76. The van der Waals surface area contributed by atoms with Gasteiger partial charge in [0.1, 0.15) is 0 Å². The van der Waals surface area contributed by atoms with E-state index in [0.717, 1.165) is 12.0 Å². The highest BCUT2D eigenvalue weighted by Gasteiger charge is 2.32. The molecule has 1 nitrogen and oxygen atoms in total. The number of fused-ring (bicyclic) bond motifs is 4. The van der Waals surface area contributed by atoms with Crippen LogP contribution < -0.4 is 0 Å². The molecule has 2 aliphatic rings. The molecular weight excluding hydrogens is 170 g/mol. The summed E-state index contributed by atoms with van der Waals surface area (Å²) in [5, 5.41) is 0. The van der Waals surface area contributed by atoms with Crippen LogP contribution in [0.15, 0.2) is 24.3 Å². The number of piperidine rings is 1. The summed E-state index contributed by atoms with van der Waals surface area (Å²) in [5.41, 5.74) is 3.23. The Morgan fingerprint density at radius 2 is 2.14 bits per heavy atom. The van der Waals surface area contributed by atoms with Gasteiger partial charge >= 0.3 is 0 Å². The Labute approximate surface area is 85.7 Å². The molecule has 1 aromatic rings. The molecule has 0 aromatic heterocycles. The minimum Gasteiger partial charge on any atom is -0.303 e. The van der Waals surface area contributed by atoms with E-state index in [4.69, 9.17) is 0 Å². The van der Waals surface area contributed by atoms with E-state index in [0.29, 0.717) is 0 Å². The zero-order valence-electron chi connectivity index (χ0n) is 8.74. The van der Waals surface area contributed by atoms with Crippen LogP contribution >= 0.6 is 0 Å². The van der Waals surface area contributed by atoms with Gasteiger partial charge in [0.2, 0.25) is 0 Å². The molecule has 1 saturated heterocycles. The summed E-state index contributed by atoms with van der Waals surface area (Å²) < 4.78 is 0. The van der Waals surface area contributed by atoms with Gasteiger partial charge in [-0.25, -0.2) is 0 Å². The minimum atomic E-state index is 0.809. The van der Waals surface area contributed by atoms with Crippen LogP contribution in [0.25, 0.3) is 0 Å². The fraction of sp³-hybridized carbons (Fsp3) is 0.538. The largest absolute Gasteiger partial charge is 0.303 e. The monoisotopic (exact) mass is 187 g/mol. The van der Waals surface area contributed by atoms with Crippen LogP contribution in [-0.2, 0) is 6.42 Å². The normalized spacial score (nSPS) is 31.2. The minimum absolute atomic E-state index is 0.809. The van der Waals surface area contributed by atoms with E-state index in [1.807, 2.05) is 0 Å². The van der Waals surface area contributed by atoms with Crippen LogP contribution in [-0.4, -0.2) is 24.5 Å². The Bertz CT molecular complexity index is 345.